The average Bonchev–Trinajstić information content (AvgIpc) is 2.63. The molecule has 1 amide bonds. The van der Waals surface area contributed by atoms with Gasteiger partial charge in [0.1, 0.15) is 5.75 Å². The van der Waals surface area contributed by atoms with E-state index in [4.69, 9.17) is 4.74 Å². The summed E-state index contributed by atoms with van der Waals surface area (Å²) in [6.45, 7) is 6.15. The fraction of sp³-hybridized carbons (Fsp3) is 0.667. The third kappa shape index (κ3) is 7.85. The summed E-state index contributed by atoms with van der Waals surface area (Å²) in [5.41, 5.74) is 0.759. The van der Waals surface area contributed by atoms with Gasteiger partial charge < -0.3 is 9.64 Å². The normalized spacial score (nSPS) is 10.6. The molecule has 1 aromatic rings. The molecule has 0 saturated carbocycles. The van der Waals surface area contributed by atoms with Crippen LogP contribution < -0.4 is 4.74 Å². The van der Waals surface area contributed by atoms with Crippen LogP contribution >= 0.6 is 0 Å². The molecule has 3 heteroatoms. The van der Waals surface area contributed by atoms with Gasteiger partial charge in [-0.15, -0.1) is 0 Å². The van der Waals surface area contributed by atoms with Crippen molar-refractivity contribution in [2.24, 2.45) is 0 Å². The molecule has 0 aliphatic rings. The quantitative estimate of drug-likeness (QED) is 0.434. The number of amides is 1. The van der Waals surface area contributed by atoms with Crippen molar-refractivity contribution in [3.05, 3.63) is 29.8 Å². The van der Waals surface area contributed by atoms with Crippen molar-refractivity contribution in [2.45, 2.75) is 71.6 Å². The summed E-state index contributed by atoms with van der Waals surface area (Å²) in [6.07, 6.45) is 11.1. The van der Waals surface area contributed by atoms with Crippen LogP contribution in [0.3, 0.4) is 0 Å². The van der Waals surface area contributed by atoms with Gasteiger partial charge in [-0.2, -0.15) is 0 Å². The molecular formula is C21H35NO2. The molecule has 0 unspecified atom stereocenters. The zero-order valence-corrected chi connectivity index (χ0v) is 15.9. The lowest BCUT2D eigenvalue weighted by molar-refractivity contribution is 0.0750. The van der Waals surface area contributed by atoms with Gasteiger partial charge in [-0.3, -0.25) is 4.79 Å². The van der Waals surface area contributed by atoms with E-state index in [2.05, 4.69) is 13.8 Å². The number of methoxy groups -OCH3 is 1. The van der Waals surface area contributed by atoms with Crippen molar-refractivity contribution >= 4 is 5.91 Å². The first-order valence-corrected chi connectivity index (χ1v) is 9.66. The molecule has 24 heavy (non-hydrogen) atoms. The molecule has 0 saturated heterocycles. The number of carbonyl (C=O) groups is 1. The Morgan fingerprint density at radius 2 is 1.38 bits per heavy atom. The molecule has 0 aliphatic carbocycles. The maximum atomic E-state index is 12.7. The third-order valence-corrected chi connectivity index (χ3v) is 4.44. The Balaban J connectivity index is 2.46. The fourth-order valence-electron chi connectivity index (χ4n) is 2.84. The Labute approximate surface area is 148 Å². The number of ether oxygens (including phenoxy) is 1. The van der Waals surface area contributed by atoms with Crippen molar-refractivity contribution < 1.29 is 9.53 Å². The summed E-state index contributed by atoms with van der Waals surface area (Å²) in [6, 6.07) is 7.45. The van der Waals surface area contributed by atoms with Gasteiger partial charge in [-0.05, 0) is 37.1 Å². The summed E-state index contributed by atoms with van der Waals surface area (Å²) in [5.74, 6) is 0.941. The van der Waals surface area contributed by atoms with E-state index in [-0.39, 0.29) is 5.91 Å². The summed E-state index contributed by atoms with van der Waals surface area (Å²) < 4.78 is 5.17. The van der Waals surface area contributed by atoms with Crippen LogP contribution in [-0.2, 0) is 0 Å². The molecule has 0 radical (unpaired) electrons. The summed E-state index contributed by atoms with van der Waals surface area (Å²) in [7, 11) is 1.64. The average molecular weight is 334 g/mol. The van der Waals surface area contributed by atoms with E-state index in [1.54, 1.807) is 7.11 Å². The fourth-order valence-corrected chi connectivity index (χ4v) is 2.84. The Hall–Kier alpha value is -1.51. The topological polar surface area (TPSA) is 29.5 Å². The number of hydrogen-bond donors (Lipinski definition) is 0. The number of nitrogens with zero attached hydrogens (tertiary/aromatic N) is 1. The second-order valence-corrected chi connectivity index (χ2v) is 6.50. The molecule has 1 rings (SSSR count). The summed E-state index contributed by atoms with van der Waals surface area (Å²) in [4.78, 5) is 14.8. The number of benzene rings is 1. The summed E-state index contributed by atoms with van der Waals surface area (Å²) in [5, 5.41) is 0. The van der Waals surface area contributed by atoms with Gasteiger partial charge >= 0.3 is 0 Å². The molecule has 1 aromatic carbocycles. The highest BCUT2D eigenvalue weighted by atomic mass is 16.5. The van der Waals surface area contributed by atoms with Crippen LogP contribution in [0.2, 0.25) is 0 Å². The maximum absolute atomic E-state index is 12.7. The van der Waals surface area contributed by atoms with Crippen LogP contribution in [-0.4, -0.2) is 31.0 Å². The van der Waals surface area contributed by atoms with Crippen LogP contribution in [0.5, 0.6) is 5.75 Å². The lowest BCUT2D eigenvalue weighted by atomic mass is 10.1. The predicted octanol–water partition coefficient (Wildman–Crippen LogP) is 5.69. The smallest absolute Gasteiger partial charge is 0.253 e. The van der Waals surface area contributed by atoms with Gasteiger partial charge in [-0.1, -0.05) is 58.8 Å². The van der Waals surface area contributed by atoms with E-state index in [9.17, 15) is 4.79 Å². The number of carbonyl (C=O) groups excluding carboxylic acids is 1. The molecule has 136 valence electrons. The van der Waals surface area contributed by atoms with Gasteiger partial charge in [0.25, 0.3) is 5.91 Å². The first kappa shape index (κ1) is 20.5. The lowest BCUT2D eigenvalue weighted by Gasteiger charge is -2.23. The minimum absolute atomic E-state index is 0.150. The Kier molecular flexibility index (Phi) is 11.0. The highest BCUT2D eigenvalue weighted by Gasteiger charge is 2.14. The van der Waals surface area contributed by atoms with E-state index >= 15 is 0 Å². The highest BCUT2D eigenvalue weighted by Crippen LogP contribution is 2.15. The van der Waals surface area contributed by atoms with Crippen molar-refractivity contribution in [3.8, 4) is 5.75 Å². The van der Waals surface area contributed by atoms with Crippen molar-refractivity contribution in [2.75, 3.05) is 20.2 Å². The van der Waals surface area contributed by atoms with E-state index in [0.29, 0.717) is 0 Å². The Bertz CT molecular complexity index is 442. The van der Waals surface area contributed by atoms with Crippen LogP contribution in [0.25, 0.3) is 0 Å². The third-order valence-electron chi connectivity index (χ3n) is 4.44. The molecule has 0 fully saturated rings. The molecule has 0 aromatic heterocycles. The number of unbranched alkanes of at least 4 members (excludes halogenated alkanes) is 7. The van der Waals surface area contributed by atoms with Crippen LogP contribution in [0, 0.1) is 0 Å². The number of rotatable bonds is 13. The van der Waals surface area contributed by atoms with Crippen LogP contribution in [0.1, 0.15) is 82.0 Å². The Morgan fingerprint density at radius 1 is 0.833 bits per heavy atom. The highest BCUT2D eigenvalue weighted by molar-refractivity contribution is 5.94. The van der Waals surface area contributed by atoms with Crippen LogP contribution in [0.15, 0.2) is 24.3 Å². The molecule has 0 heterocycles. The minimum atomic E-state index is 0.150. The van der Waals surface area contributed by atoms with Crippen molar-refractivity contribution in [1.29, 1.82) is 0 Å². The van der Waals surface area contributed by atoms with Crippen molar-refractivity contribution in [3.63, 3.8) is 0 Å². The molecule has 0 bridgehead atoms. The molecule has 0 atom stereocenters. The Morgan fingerprint density at radius 3 is 1.96 bits per heavy atom. The number of hydrogen-bond acceptors (Lipinski definition) is 2. The zero-order valence-electron chi connectivity index (χ0n) is 15.9. The maximum Gasteiger partial charge on any atom is 0.253 e. The van der Waals surface area contributed by atoms with Crippen LogP contribution in [0.4, 0.5) is 0 Å². The van der Waals surface area contributed by atoms with Gasteiger partial charge in [0.15, 0.2) is 0 Å². The van der Waals surface area contributed by atoms with E-state index < -0.39 is 0 Å². The SMILES string of the molecule is CCCCCCCCCN(CCCC)C(=O)c1ccc(OC)cc1. The van der Waals surface area contributed by atoms with Gasteiger partial charge in [0, 0.05) is 18.7 Å². The first-order chi connectivity index (χ1) is 11.7. The molecular weight excluding hydrogens is 298 g/mol. The molecule has 0 aliphatic heterocycles. The van der Waals surface area contributed by atoms with E-state index in [1.165, 1.54) is 38.5 Å². The minimum Gasteiger partial charge on any atom is -0.497 e. The van der Waals surface area contributed by atoms with Gasteiger partial charge in [0.05, 0.1) is 7.11 Å². The second kappa shape index (κ2) is 12.9. The summed E-state index contributed by atoms with van der Waals surface area (Å²) >= 11 is 0. The zero-order chi connectivity index (χ0) is 17.6. The molecule has 0 spiro atoms. The van der Waals surface area contributed by atoms with E-state index in [1.807, 2.05) is 29.2 Å². The lowest BCUT2D eigenvalue weighted by Crippen LogP contribution is -2.33. The van der Waals surface area contributed by atoms with Gasteiger partial charge in [0.2, 0.25) is 0 Å². The first-order valence-electron chi connectivity index (χ1n) is 9.66. The molecule has 0 N–H and O–H groups in total. The van der Waals surface area contributed by atoms with Crippen molar-refractivity contribution in [1.82, 2.24) is 4.90 Å². The molecule has 3 nitrogen and oxygen atoms in total. The van der Waals surface area contributed by atoms with Gasteiger partial charge in [-0.25, -0.2) is 0 Å². The predicted molar refractivity (Wildman–Crippen MR) is 102 cm³/mol. The van der Waals surface area contributed by atoms with E-state index in [0.717, 1.165) is 43.7 Å². The monoisotopic (exact) mass is 333 g/mol. The largest absolute Gasteiger partial charge is 0.497 e. The standard InChI is InChI=1S/C21H35NO2/c1-4-6-8-9-10-11-12-18-22(17-7-5-2)21(23)19-13-15-20(24-3)16-14-19/h13-16H,4-12,17-18H2,1-3H3. The second-order valence-electron chi connectivity index (χ2n) is 6.50.